The molecule has 3 rings (SSSR count). The quantitative estimate of drug-likeness (QED) is 0.529. The Kier molecular flexibility index (Phi) is 4.18. The lowest BCUT2D eigenvalue weighted by Crippen LogP contribution is -2.05. The number of para-hydroxylation sites is 1. The number of carbonyl (C=O) groups excluding carboxylic acids is 2. The molecule has 0 saturated heterocycles. The predicted molar refractivity (Wildman–Crippen MR) is 87.7 cm³/mol. The number of esters is 1. The number of nitrogens with zero attached hydrogens (tertiary/aromatic N) is 2. The number of ether oxygens (including phenoxy) is 1. The summed E-state index contributed by atoms with van der Waals surface area (Å²) < 4.78 is 19.0. The molecule has 1 aromatic carbocycles. The molecule has 23 heavy (non-hydrogen) atoms. The van der Waals surface area contributed by atoms with E-state index in [9.17, 15) is 13.5 Å². The zero-order valence-electron chi connectivity index (χ0n) is 12.2. The molecule has 5 nitrogen and oxygen atoms in total. The highest BCUT2D eigenvalue weighted by atomic mass is 32.2. The summed E-state index contributed by atoms with van der Waals surface area (Å²) in [5.41, 5.74) is 1.07. The number of halogens is 1. The minimum absolute atomic E-state index is 0.0219. The van der Waals surface area contributed by atoms with Gasteiger partial charge in [-0.1, -0.05) is 18.2 Å². The molecule has 0 spiro atoms. The number of benzene rings is 1. The van der Waals surface area contributed by atoms with Crippen LogP contribution >= 0.6 is 23.7 Å². The Hall–Kier alpha value is -2.19. The van der Waals surface area contributed by atoms with Crippen LogP contribution in [0.3, 0.4) is 0 Å². The summed E-state index contributed by atoms with van der Waals surface area (Å²) in [4.78, 5) is 29.0. The normalized spacial score (nSPS) is 10.9. The Morgan fingerprint density at radius 2 is 2.09 bits per heavy atom. The van der Waals surface area contributed by atoms with Gasteiger partial charge >= 0.3 is 5.97 Å². The third-order valence-corrected chi connectivity index (χ3v) is 4.79. The Morgan fingerprint density at radius 1 is 1.35 bits per heavy atom. The lowest BCUT2D eigenvalue weighted by atomic mass is 10.1. The molecule has 0 radical (unpaired) electrons. The second kappa shape index (κ2) is 6.13. The van der Waals surface area contributed by atoms with Gasteiger partial charge < -0.3 is 4.74 Å². The molecule has 0 unspecified atom stereocenters. The van der Waals surface area contributed by atoms with Gasteiger partial charge in [0.15, 0.2) is 23.0 Å². The van der Waals surface area contributed by atoms with Crippen LogP contribution in [-0.2, 0) is 4.74 Å². The van der Waals surface area contributed by atoms with Gasteiger partial charge in [-0.05, 0) is 13.0 Å². The van der Waals surface area contributed by atoms with Crippen LogP contribution in [0.4, 0.5) is 3.89 Å². The summed E-state index contributed by atoms with van der Waals surface area (Å²) in [6.07, 6.45) is 1.44. The predicted octanol–water partition coefficient (Wildman–Crippen LogP) is 3.80. The van der Waals surface area contributed by atoms with E-state index in [2.05, 4.69) is 9.72 Å². The van der Waals surface area contributed by atoms with Gasteiger partial charge in [-0.2, -0.15) is 0 Å². The van der Waals surface area contributed by atoms with E-state index in [1.165, 1.54) is 17.3 Å². The first-order chi connectivity index (χ1) is 11.1. The van der Waals surface area contributed by atoms with Crippen molar-refractivity contribution in [2.75, 3.05) is 7.11 Å². The van der Waals surface area contributed by atoms with Crippen LogP contribution in [-0.4, -0.2) is 27.8 Å². The Bertz CT molecular complexity index is 917. The summed E-state index contributed by atoms with van der Waals surface area (Å²) in [6, 6.07) is 7.02. The lowest BCUT2D eigenvalue weighted by molar-refractivity contribution is 0.0594. The average Bonchev–Trinajstić information content (AvgIpc) is 3.14. The van der Waals surface area contributed by atoms with Crippen molar-refractivity contribution in [2.24, 2.45) is 0 Å². The molecule has 8 heteroatoms. The number of hydrogen-bond acceptors (Lipinski definition) is 6. The first-order valence-electron chi connectivity index (χ1n) is 6.56. The molecule has 0 fully saturated rings. The van der Waals surface area contributed by atoms with Gasteiger partial charge in [0, 0.05) is 16.5 Å². The molecule has 3 aromatic rings. The van der Waals surface area contributed by atoms with E-state index < -0.39 is 5.97 Å². The molecular formula is C15H11FN2O3S2. The number of hydrogen-bond donors (Lipinski definition) is 0. The van der Waals surface area contributed by atoms with Crippen molar-refractivity contribution in [3.05, 3.63) is 51.6 Å². The number of aryl methyl sites for hydroxylation is 1. The van der Waals surface area contributed by atoms with Gasteiger partial charge in [0.1, 0.15) is 0 Å². The minimum atomic E-state index is -0.584. The third-order valence-electron chi connectivity index (χ3n) is 3.37. The molecule has 0 aliphatic carbocycles. The zero-order chi connectivity index (χ0) is 16.6. The van der Waals surface area contributed by atoms with Gasteiger partial charge in [0.25, 0.3) is 0 Å². The largest absolute Gasteiger partial charge is 0.464 e. The van der Waals surface area contributed by atoms with E-state index >= 15 is 0 Å². The van der Waals surface area contributed by atoms with Crippen molar-refractivity contribution in [3.8, 4) is 0 Å². The second-order valence-electron chi connectivity index (χ2n) is 4.70. The minimum Gasteiger partial charge on any atom is -0.464 e. The molecular weight excluding hydrogens is 339 g/mol. The molecule has 2 heterocycles. The van der Waals surface area contributed by atoms with Crippen LogP contribution in [0.15, 0.2) is 30.5 Å². The van der Waals surface area contributed by atoms with Gasteiger partial charge in [0.2, 0.25) is 5.78 Å². The molecule has 2 aromatic heterocycles. The van der Waals surface area contributed by atoms with Crippen LogP contribution < -0.4 is 0 Å². The van der Waals surface area contributed by atoms with Gasteiger partial charge in [0.05, 0.1) is 18.2 Å². The highest BCUT2D eigenvalue weighted by Crippen LogP contribution is 2.29. The summed E-state index contributed by atoms with van der Waals surface area (Å²) in [6.45, 7) is 1.70. The van der Waals surface area contributed by atoms with Gasteiger partial charge in [-0.3, -0.25) is 8.77 Å². The van der Waals surface area contributed by atoms with Gasteiger partial charge in [-0.25, -0.2) is 9.78 Å². The van der Waals surface area contributed by atoms with E-state index in [4.69, 9.17) is 0 Å². The monoisotopic (exact) mass is 350 g/mol. The van der Waals surface area contributed by atoms with E-state index in [-0.39, 0.29) is 28.8 Å². The number of ketones is 1. The number of thiazole rings is 1. The smallest absolute Gasteiger partial charge is 0.357 e. The van der Waals surface area contributed by atoms with Crippen LogP contribution in [0.2, 0.25) is 0 Å². The lowest BCUT2D eigenvalue weighted by Gasteiger charge is -1.95. The second-order valence-corrected chi connectivity index (χ2v) is 6.43. The van der Waals surface area contributed by atoms with Crippen molar-refractivity contribution in [2.45, 2.75) is 6.92 Å². The molecule has 0 atom stereocenters. The zero-order valence-corrected chi connectivity index (χ0v) is 13.8. The summed E-state index contributed by atoms with van der Waals surface area (Å²) in [5, 5.41) is 0.810. The molecule has 0 bridgehead atoms. The number of aromatic nitrogens is 2. The van der Waals surface area contributed by atoms with Gasteiger partial charge in [-0.15, -0.1) is 15.2 Å². The SMILES string of the molecule is COC(=O)c1nc(C(=O)c2cn(SF)c3ccccc23)sc1C. The molecule has 0 N–H and O–H groups in total. The molecule has 0 aliphatic heterocycles. The molecule has 0 saturated carbocycles. The van der Waals surface area contributed by atoms with E-state index in [0.717, 1.165) is 11.3 Å². The highest BCUT2D eigenvalue weighted by Gasteiger charge is 2.23. The van der Waals surface area contributed by atoms with Crippen molar-refractivity contribution < 1.29 is 18.2 Å². The topological polar surface area (TPSA) is 61.2 Å². The third kappa shape index (κ3) is 2.64. The van der Waals surface area contributed by atoms with Crippen LogP contribution in [0.25, 0.3) is 10.9 Å². The Labute approximate surface area is 139 Å². The fraction of sp³-hybridized carbons (Fsp3) is 0.133. The first kappa shape index (κ1) is 15.7. The Morgan fingerprint density at radius 3 is 2.78 bits per heavy atom. The average molecular weight is 350 g/mol. The van der Waals surface area contributed by atoms with Crippen LogP contribution in [0.5, 0.6) is 0 Å². The summed E-state index contributed by atoms with van der Waals surface area (Å²) >= 11 is 1.14. The van der Waals surface area contributed by atoms with Crippen molar-refractivity contribution in [3.63, 3.8) is 0 Å². The van der Waals surface area contributed by atoms with Crippen LogP contribution in [0, 0.1) is 6.92 Å². The standard InChI is InChI=1S/C15H11FN2O3S2/c1-8-12(15(20)21-2)17-14(22-8)13(19)10-7-18(23-16)11-6-4-3-5-9(10)11/h3-7H,1-2H3. The number of fused-ring (bicyclic) bond motifs is 1. The van der Waals surface area contributed by atoms with E-state index in [1.807, 2.05) is 0 Å². The maximum atomic E-state index is 13.0. The van der Waals surface area contributed by atoms with Crippen molar-refractivity contribution in [1.82, 2.24) is 8.96 Å². The number of methoxy groups -OCH3 is 1. The number of carbonyl (C=O) groups is 2. The summed E-state index contributed by atoms with van der Waals surface area (Å²) in [5.74, 6) is -0.934. The fourth-order valence-corrected chi connectivity index (χ4v) is 3.52. The number of rotatable bonds is 4. The van der Waals surface area contributed by atoms with Crippen molar-refractivity contribution >= 4 is 46.3 Å². The summed E-state index contributed by atoms with van der Waals surface area (Å²) in [7, 11) is 1.26. The highest BCUT2D eigenvalue weighted by molar-refractivity contribution is 7.92. The van der Waals surface area contributed by atoms with E-state index in [0.29, 0.717) is 21.3 Å². The Balaban J connectivity index is 2.09. The molecule has 118 valence electrons. The maximum Gasteiger partial charge on any atom is 0.357 e. The van der Waals surface area contributed by atoms with Crippen molar-refractivity contribution in [1.29, 1.82) is 0 Å². The fourth-order valence-electron chi connectivity index (χ4n) is 2.28. The molecule has 0 amide bonds. The maximum absolute atomic E-state index is 13.0. The van der Waals surface area contributed by atoms with Crippen LogP contribution in [0.1, 0.15) is 30.7 Å². The molecule has 0 aliphatic rings. The first-order valence-corrected chi connectivity index (χ1v) is 8.05. The van der Waals surface area contributed by atoms with E-state index in [1.54, 1.807) is 31.2 Å².